The molecule has 0 fully saturated rings. The van der Waals surface area contributed by atoms with Crippen molar-refractivity contribution in [1.29, 1.82) is 0 Å². The Labute approximate surface area is 182 Å². The van der Waals surface area contributed by atoms with E-state index in [2.05, 4.69) is 10.3 Å². The van der Waals surface area contributed by atoms with E-state index in [9.17, 15) is 31.5 Å². The molecule has 2 aromatic carbocycles. The van der Waals surface area contributed by atoms with Crippen LogP contribution >= 0.6 is 11.3 Å². The van der Waals surface area contributed by atoms with Crippen LogP contribution in [0.5, 0.6) is 0 Å². The van der Waals surface area contributed by atoms with Gasteiger partial charge >= 0.3 is 6.18 Å². The molecule has 1 N–H and O–H groups in total. The molecule has 0 radical (unpaired) electrons. The molecule has 0 atom stereocenters. The minimum Gasteiger partial charge on any atom is -0.320 e. The summed E-state index contributed by atoms with van der Waals surface area (Å²) in [6.07, 6.45) is -2.25. The predicted molar refractivity (Wildman–Crippen MR) is 110 cm³/mol. The number of benzene rings is 2. The van der Waals surface area contributed by atoms with Gasteiger partial charge in [-0.25, -0.2) is 13.8 Å². The smallest absolute Gasteiger partial charge is 0.320 e. The number of halogens is 5. The van der Waals surface area contributed by atoms with E-state index in [1.807, 2.05) is 0 Å². The predicted octanol–water partition coefficient (Wildman–Crippen LogP) is 5.78. The van der Waals surface area contributed by atoms with E-state index in [1.165, 1.54) is 30.5 Å². The summed E-state index contributed by atoms with van der Waals surface area (Å²) < 4.78 is 65.6. The van der Waals surface area contributed by atoms with Gasteiger partial charge in [0.15, 0.2) is 5.13 Å². The van der Waals surface area contributed by atoms with E-state index in [0.29, 0.717) is 6.07 Å². The Kier molecular flexibility index (Phi) is 6.68. The van der Waals surface area contributed by atoms with Crippen molar-refractivity contribution in [3.8, 4) is 0 Å². The second kappa shape index (κ2) is 9.27. The molecule has 11 heteroatoms. The Bertz CT molecular complexity index is 1190. The van der Waals surface area contributed by atoms with Crippen LogP contribution in [-0.2, 0) is 15.8 Å². The maximum Gasteiger partial charge on any atom is 0.416 e. The molecule has 32 heavy (non-hydrogen) atoms. The molecule has 0 bridgehead atoms. The van der Waals surface area contributed by atoms with E-state index < -0.39 is 35.2 Å². The van der Waals surface area contributed by atoms with Crippen LogP contribution in [0.15, 0.2) is 53.9 Å². The number of nitrogens with one attached hydrogen (secondary N) is 1. The Balaban J connectivity index is 1.78. The number of amides is 2. The van der Waals surface area contributed by atoms with Crippen molar-refractivity contribution < 1.29 is 31.5 Å². The topological polar surface area (TPSA) is 62.3 Å². The highest BCUT2D eigenvalue weighted by Crippen LogP contribution is 2.35. The lowest BCUT2D eigenvalue weighted by molar-refractivity contribution is -0.137. The molecule has 1 aromatic heterocycles. The lowest BCUT2D eigenvalue weighted by Gasteiger charge is -2.19. The van der Waals surface area contributed by atoms with Crippen LogP contribution in [-0.4, -0.2) is 16.8 Å². The zero-order valence-corrected chi connectivity index (χ0v) is 17.1. The van der Waals surface area contributed by atoms with Gasteiger partial charge in [-0.3, -0.25) is 14.5 Å². The second-order valence-electron chi connectivity index (χ2n) is 6.40. The third kappa shape index (κ3) is 5.55. The summed E-state index contributed by atoms with van der Waals surface area (Å²) in [6, 6.07) is 6.93. The summed E-state index contributed by atoms with van der Waals surface area (Å²) in [7, 11) is 0. The zero-order chi connectivity index (χ0) is 23.5. The molecule has 5 nitrogen and oxygen atoms in total. The van der Waals surface area contributed by atoms with Crippen LogP contribution in [0.4, 0.5) is 38.5 Å². The average Bonchev–Trinajstić information content (AvgIpc) is 3.16. The molecule has 0 aliphatic rings. The first-order chi connectivity index (χ1) is 15.0. The number of alkyl halides is 3. The lowest BCUT2D eigenvalue weighted by atomic mass is 10.2. The number of rotatable bonds is 5. The maximum absolute atomic E-state index is 13.6. The van der Waals surface area contributed by atoms with Crippen LogP contribution in [0.3, 0.4) is 0 Å². The number of thiazole rings is 1. The standard InChI is InChI=1S/C21H14F5N3O2S/c1-12(30)29(16-4-2-3-13(9-16)21(24,25)26)20-27-15(11-32-20)6-8-19(31)28-18-7-5-14(22)10-17(18)23/h2-11H,1H3,(H,28,31)/b8-6+. The van der Waals surface area contributed by atoms with Crippen LogP contribution in [0, 0.1) is 11.6 Å². The van der Waals surface area contributed by atoms with Gasteiger partial charge in [0, 0.05) is 24.4 Å². The molecule has 0 spiro atoms. The molecule has 0 unspecified atom stereocenters. The largest absolute Gasteiger partial charge is 0.416 e. The van der Waals surface area contributed by atoms with Gasteiger partial charge in [-0.15, -0.1) is 11.3 Å². The van der Waals surface area contributed by atoms with Crippen molar-refractivity contribution in [1.82, 2.24) is 4.98 Å². The molecular weight excluding hydrogens is 453 g/mol. The van der Waals surface area contributed by atoms with Crippen LogP contribution < -0.4 is 10.2 Å². The SMILES string of the molecule is CC(=O)N(c1cccc(C(F)(F)F)c1)c1nc(/C=C/C(=O)Nc2ccc(F)cc2F)cs1. The first kappa shape index (κ1) is 23.1. The fraction of sp³-hybridized carbons (Fsp3) is 0.0952. The molecule has 3 rings (SSSR count). The molecule has 166 valence electrons. The summed E-state index contributed by atoms with van der Waals surface area (Å²) in [5, 5.41) is 3.82. The second-order valence-corrected chi connectivity index (χ2v) is 7.24. The monoisotopic (exact) mass is 467 g/mol. The lowest BCUT2D eigenvalue weighted by Crippen LogP contribution is -2.23. The van der Waals surface area contributed by atoms with Gasteiger partial charge in [-0.1, -0.05) is 6.07 Å². The minimum absolute atomic E-state index is 0.0123. The highest BCUT2D eigenvalue weighted by Gasteiger charge is 2.31. The molecule has 0 saturated heterocycles. The highest BCUT2D eigenvalue weighted by molar-refractivity contribution is 7.14. The van der Waals surface area contributed by atoms with Crippen molar-refractivity contribution in [2.45, 2.75) is 13.1 Å². The van der Waals surface area contributed by atoms with Gasteiger partial charge in [0.25, 0.3) is 0 Å². The van der Waals surface area contributed by atoms with Gasteiger partial charge < -0.3 is 5.32 Å². The van der Waals surface area contributed by atoms with Crippen molar-refractivity contribution in [2.24, 2.45) is 0 Å². The zero-order valence-electron chi connectivity index (χ0n) is 16.3. The summed E-state index contributed by atoms with van der Waals surface area (Å²) >= 11 is 0.982. The van der Waals surface area contributed by atoms with Crippen molar-refractivity contribution in [2.75, 3.05) is 10.2 Å². The summed E-state index contributed by atoms with van der Waals surface area (Å²) in [5.41, 5.74) is -0.894. The summed E-state index contributed by atoms with van der Waals surface area (Å²) in [6.45, 7) is 1.18. The molecule has 0 aliphatic carbocycles. The van der Waals surface area contributed by atoms with E-state index in [0.717, 1.165) is 46.6 Å². The van der Waals surface area contributed by atoms with E-state index in [1.54, 1.807) is 0 Å². The quantitative estimate of drug-likeness (QED) is 0.383. The Morgan fingerprint density at radius 3 is 2.53 bits per heavy atom. The van der Waals surface area contributed by atoms with Crippen molar-refractivity contribution in [3.63, 3.8) is 0 Å². The van der Waals surface area contributed by atoms with E-state index in [4.69, 9.17) is 0 Å². The number of hydrogen-bond acceptors (Lipinski definition) is 4. The first-order valence-corrected chi connectivity index (χ1v) is 9.80. The number of hydrogen-bond donors (Lipinski definition) is 1. The van der Waals surface area contributed by atoms with Gasteiger partial charge in [0.05, 0.1) is 22.6 Å². The first-order valence-electron chi connectivity index (χ1n) is 8.92. The van der Waals surface area contributed by atoms with Crippen LogP contribution in [0.1, 0.15) is 18.2 Å². The number of nitrogens with zero attached hydrogens (tertiary/aromatic N) is 2. The molecule has 1 heterocycles. The molecule has 0 aliphatic heterocycles. The fourth-order valence-electron chi connectivity index (χ4n) is 2.63. The van der Waals surface area contributed by atoms with E-state index in [-0.39, 0.29) is 22.2 Å². The number of carbonyl (C=O) groups excluding carboxylic acids is 2. The molecule has 2 amide bonds. The summed E-state index contributed by atoms with van der Waals surface area (Å²) in [5.74, 6) is -3.01. The Morgan fingerprint density at radius 2 is 1.88 bits per heavy atom. The van der Waals surface area contributed by atoms with Gasteiger partial charge in [-0.05, 0) is 36.4 Å². The van der Waals surface area contributed by atoms with E-state index >= 15 is 0 Å². The van der Waals surface area contributed by atoms with Gasteiger partial charge in [0.2, 0.25) is 11.8 Å². The molecular formula is C21H14F5N3O2S. The number of carbonyl (C=O) groups is 2. The molecule has 3 aromatic rings. The number of anilines is 3. The normalized spacial score (nSPS) is 11.6. The third-order valence-corrected chi connectivity index (χ3v) is 4.89. The van der Waals surface area contributed by atoms with Crippen LogP contribution in [0.2, 0.25) is 0 Å². The highest BCUT2D eigenvalue weighted by atomic mass is 32.1. The Hall–Kier alpha value is -3.60. The Morgan fingerprint density at radius 1 is 1.12 bits per heavy atom. The van der Waals surface area contributed by atoms with Crippen molar-refractivity contribution >= 4 is 45.7 Å². The summed E-state index contributed by atoms with van der Waals surface area (Å²) in [4.78, 5) is 29.3. The number of aromatic nitrogens is 1. The fourth-order valence-corrected chi connectivity index (χ4v) is 3.48. The van der Waals surface area contributed by atoms with Gasteiger partial charge in [-0.2, -0.15) is 13.2 Å². The minimum atomic E-state index is -4.58. The van der Waals surface area contributed by atoms with Gasteiger partial charge in [0.1, 0.15) is 11.6 Å². The molecule has 0 saturated carbocycles. The van der Waals surface area contributed by atoms with Crippen LogP contribution in [0.25, 0.3) is 6.08 Å². The third-order valence-electron chi connectivity index (χ3n) is 4.04. The maximum atomic E-state index is 13.6. The van der Waals surface area contributed by atoms with Crippen molar-refractivity contribution in [3.05, 3.63) is 76.8 Å². The average molecular weight is 467 g/mol.